The summed E-state index contributed by atoms with van der Waals surface area (Å²) in [5.41, 5.74) is 1.42. The normalized spacial score (nSPS) is 15.3. The first kappa shape index (κ1) is 15.9. The number of sulfonamides is 1. The van der Waals surface area contributed by atoms with Crippen molar-refractivity contribution >= 4 is 26.9 Å². The lowest BCUT2D eigenvalue weighted by Gasteiger charge is -2.10. The molecule has 1 aliphatic carbocycles. The quantitative estimate of drug-likeness (QED) is 0.812. The summed E-state index contributed by atoms with van der Waals surface area (Å²) in [5.74, 6) is -0.475. The number of fused-ring (bicyclic) bond motifs is 1. The maximum absolute atomic E-state index is 12.4. The third kappa shape index (κ3) is 2.96. The van der Waals surface area contributed by atoms with Crippen molar-refractivity contribution in [3.63, 3.8) is 0 Å². The molecule has 8 heteroatoms. The lowest BCUT2D eigenvalue weighted by molar-refractivity contribution is 0.0602. The van der Waals surface area contributed by atoms with Crippen LogP contribution in [-0.4, -0.2) is 37.7 Å². The number of carbonyl (C=O) groups is 1. The second kappa shape index (κ2) is 5.61. The van der Waals surface area contributed by atoms with Crippen molar-refractivity contribution in [2.24, 2.45) is 0 Å². The number of hydrogen-bond donors (Lipinski definition) is 2. The molecule has 1 saturated carbocycles. The lowest BCUT2D eigenvalue weighted by Crippen LogP contribution is -2.26. The van der Waals surface area contributed by atoms with Crippen molar-refractivity contribution in [1.82, 2.24) is 14.9 Å². The molecule has 0 unspecified atom stereocenters. The van der Waals surface area contributed by atoms with Gasteiger partial charge in [-0.1, -0.05) is 13.8 Å². The van der Waals surface area contributed by atoms with Gasteiger partial charge >= 0.3 is 5.97 Å². The molecule has 1 aromatic heterocycles. The summed E-state index contributed by atoms with van der Waals surface area (Å²) >= 11 is 0. The highest BCUT2D eigenvalue weighted by molar-refractivity contribution is 7.89. The minimum absolute atomic E-state index is 0.0114. The van der Waals surface area contributed by atoms with Gasteiger partial charge in [-0.3, -0.25) is 5.10 Å². The largest absolute Gasteiger partial charge is 0.465 e. The van der Waals surface area contributed by atoms with E-state index < -0.39 is 16.0 Å². The van der Waals surface area contributed by atoms with E-state index in [2.05, 4.69) is 14.9 Å². The number of nitrogens with zero attached hydrogens (tertiary/aromatic N) is 1. The summed E-state index contributed by atoms with van der Waals surface area (Å²) in [7, 11) is -2.40. The minimum atomic E-state index is -3.68. The molecule has 0 aliphatic heterocycles. The summed E-state index contributed by atoms with van der Waals surface area (Å²) in [4.78, 5) is 12.2. The van der Waals surface area contributed by atoms with Crippen LogP contribution in [0.15, 0.2) is 17.0 Å². The predicted octanol–water partition coefficient (Wildman–Crippen LogP) is 1.91. The van der Waals surface area contributed by atoms with Crippen molar-refractivity contribution < 1.29 is 17.9 Å². The Bertz CT molecular complexity index is 866. The van der Waals surface area contributed by atoms with Crippen LogP contribution in [0.3, 0.4) is 0 Å². The fraction of sp³-hybridized carbons (Fsp3) is 0.467. The molecule has 2 N–H and O–H groups in total. The Labute approximate surface area is 134 Å². The zero-order valence-corrected chi connectivity index (χ0v) is 14.0. The van der Waals surface area contributed by atoms with E-state index in [0.29, 0.717) is 10.9 Å². The monoisotopic (exact) mass is 337 g/mol. The Hall–Kier alpha value is -1.93. The third-order valence-electron chi connectivity index (χ3n) is 3.85. The summed E-state index contributed by atoms with van der Waals surface area (Å²) in [6.45, 7) is 3.93. The molecule has 0 spiro atoms. The number of H-pyrrole nitrogens is 1. The van der Waals surface area contributed by atoms with E-state index in [4.69, 9.17) is 4.74 Å². The zero-order valence-electron chi connectivity index (χ0n) is 13.2. The Kier molecular flexibility index (Phi) is 3.89. The topological polar surface area (TPSA) is 101 Å². The average molecular weight is 337 g/mol. The van der Waals surface area contributed by atoms with Crippen molar-refractivity contribution in [1.29, 1.82) is 0 Å². The molecule has 1 heterocycles. The highest BCUT2D eigenvalue weighted by Gasteiger charge is 2.30. The van der Waals surface area contributed by atoms with Crippen LogP contribution in [-0.2, 0) is 14.8 Å². The van der Waals surface area contributed by atoms with Gasteiger partial charge in [-0.15, -0.1) is 0 Å². The number of carbonyl (C=O) groups excluding carboxylic acids is 1. The number of methoxy groups -OCH3 is 1. The van der Waals surface area contributed by atoms with Crippen LogP contribution in [0.4, 0.5) is 0 Å². The standard InChI is InChI=1S/C15H19N3O4S/c1-8(2)14-13-11(15(19)22-3)6-10(7-12(13)16-17-14)23(20,21)18-9-4-5-9/h6-9,18H,4-5H2,1-3H3,(H,16,17). The molecule has 7 nitrogen and oxygen atoms in total. The van der Waals surface area contributed by atoms with Gasteiger partial charge in [0.1, 0.15) is 0 Å². The number of aromatic nitrogens is 2. The number of aromatic amines is 1. The minimum Gasteiger partial charge on any atom is -0.465 e. The van der Waals surface area contributed by atoms with Gasteiger partial charge in [0.05, 0.1) is 23.1 Å². The van der Waals surface area contributed by atoms with Crippen molar-refractivity contribution in [3.8, 4) is 0 Å². The SMILES string of the molecule is COC(=O)c1cc(S(=O)(=O)NC2CC2)cc2n[nH]c(C(C)C)c12. The van der Waals surface area contributed by atoms with Crippen LogP contribution in [0.5, 0.6) is 0 Å². The van der Waals surface area contributed by atoms with E-state index in [9.17, 15) is 13.2 Å². The van der Waals surface area contributed by atoms with Gasteiger partial charge in [0, 0.05) is 17.1 Å². The van der Waals surface area contributed by atoms with E-state index in [-0.39, 0.29) is 22.4 Å². The molecule has 0 saturated heterocycles. The molecular formula is C15H19N3O4S. The molecule has 0 radical (unpaired) electrons. The van der Waals surface area contributed by atoms with Crippen LogP contribution in [0.25, 0.3) is 10.9 Å². The number of nitrogens with one attached hydrogen (secondary N) is 2. The smallest absolute Gasteiger partial charge is 0.338 e. The Morgan fingerprint density at radius 3 is 2.65 bits per heavy atom. The molecule has 3 rings (SSSR count). The van der Waals surface area contributed by atoms with Crippen molar-refractivity contribution in [3.05, 3.63) is 23.4 Å². The molecule has 124 valence electrons. The van der Waals surface area contributed by atoms with E-state index in [1.165, 1.54) is 19.2 Å². The van der Waals surface area contributed by atoms with E-state index >= 15 is 0 Å². The van der Waals surface area contributed by atoms with E-state index in [1.54, 1.807) is 0 Å². The van der Waals surface area contributed by atoms with E-state index in [0.717, 1.165) is 18.5 Å². The molecule has 1 aliphatic rings. The molecule has 1 fully saturated rings. The van der Waals surface area contributed by atoms with Crippen molar-refractivity contribution in [2.75, 3.05) is 7.11 Å². The van der Waals surface area contributed by atoms with Gasteiger partial charge in [-0.05, 0) is 30.9 Å². The average Bonchev–Trinajstić information content (AvgIpc) is 3.18. The van der Waals surface area contributed by atoms with Crippen LogP contribution in [0.2, 0.25) is 0 Å². The maximum Gasteiger partial charge on any atom is 0.338 e. The van der Waals surface area contributed by atoms with Crippen LogP contribution >= 0.6 is 0 Å². The third-order valence-corrected chi connectivity index (χ3v) is 5.35. The molecule has 23 heavy (non-hydrogen) atoms. The first-order valence-corrected chi connectivity index (χ1v) is 8.94. The fourth-order valence-electron chi connectivity index (χ4n) is 2.48. The molecular weight excluding hydrogens is 318 g/mol. The summed E-state index contributed by atoms with van der Waals surface area (Å²) in [6.07, 6.45) is 1.68. The van der Waals surface area contributed by atoms with Crippen molar-refractivity contribution in [2.45, 2.75) is 43.5 Å². The van der Waals surface area contributed by atoms with Gasteiger partial charge in [-0.2, -0.15) is 5.10 Å². The highest BCUT2D eigenvalue weighted by Crippen LogP contribution is 2.30. The Balaban J connectivity index is 2.20. The first-order chi connectivity index (χ1) is 10.8. The predicted molar refractivity (Wildman–Crippen MR) is 84.9 cm³/mol. The molecule has 1 aromatic carbocycles. The van der Waals surface area contributed by atoms with Gasteiger partial charge in [0.2, 0.25) is 10.0 Å². The van der Waals surface area contributed by atoms with Gasteiger partial charge in [0.25, 0.3) is 0 Å². The number of rotatable bonds is 5. The first-order valence-electron chi connectivity index (χ1n) is 7.46. The molecule has 2 aromatic rings. The van der Waals surface area contributed by atoms with E-state index in [1.807, 2.05) is 13.8 Å². The lowest BCUT2D eigenvalue weighted by atomic mass is 10.0. The number of hydrogen-bond acceptors (Lipinski definition) is 5. The van der Waals surface area contributed by atoms with Gasteiger partial charge < -0.3 is 4.74 Å². The second-order valence-corrected chi connectivity index (χ2v) is 7.76. The number of esters is 1. The Morgan fingerprint density at radius 1 is 1.39 bits per heavy atom. The Morgan fingerprint density at radius 2 is 2.09 bits per heavy atom. The molecule has 0 bridgehead atoms. The van der Waals surface area contributed by atoms with Crippen LogP contribution < -0.4 is 4.72 Å². The molecule has 0 amide bonds. The number of benzene rings is 1. The highest BCUT2D eigenvalue weighted by atomic mass is 32.2. The van der Waals surface area contributed by atoms with Crippen LogP contribution in [0.1, 0.15) is 48.7 Å². The number of ether oxygens (including phenoxy) is 1. The summed E-state index contributed by atoms with van der Waals surface area (Å²) in [5, 5.41) is 7.66. The summed E-state index contributed by atoms with van der Waals surface area (Å²) < 4.78 is 32.3. The summed E-state index contributed by atoms with van der Waals surface area (Å²) in [6, 6.07) is 2.83. The van der Waals surface area contributed by atoms with Crippen LogP contribution in [0, 0.1) is 0 Å². The maximum atomic E-state index is 12.4. The fourth-order valence-corrected chi connectivity index (χ4v) is 3.83. The zero-order chi connectivity index (χ0) is 16.8. The van der Waals surface area contributed by atoms with Gasteiger partial charge in [-0.25, -0.2) is 17.9 Å². The second-order valence-electron chi connectivity index (χ2n) is 6.04. The van der Waals surface area contributed by atoms with Gasteiger partial charge in [0.15, 0.2) is 0 Å². The molecule has 0 atom stereocenters.